The zero-order chi connectivity index (χ0) is 13.9. The molecule has 0 aliphatic heterocycles. The summed E-state index contributed by atoms with van der Waals surface area (Å²) in [6.45, 7) is 0. The molecular formula is C14H13N3S3. The standard InChI is InChI=1S/C14H13N3S3/c1-18-13-7-12(15)16-14(17-13)19-8-10-6-9-4-2-3-5-11(9)20-10/h2-7H,8H2,1H3,(H2,15,16,17). The molecule has 0 aliphatic rings. The Labute approximate surface area is 130 Å². The van der Waals surface area contributed by atoms with Crippen LogP contribution in [0.1, 0.15) is 4.88 Å². The lowest BCUT2D eigenvalue weighted by molar-refractivity contribution is 0.901. The number of fused-ring (bicyclic) bond motifs is 1. The topological polar surface area (TPSA) is 51.8 Å². The normalized spacial score (nSPS) is 11.1. The first-order chi connectivity index (χ1) is 9.74. The minimum absolute atomic E-state index is 0.531. The van der Waals surface area contributed by atoms with Gasteiger partial charge in [-0.1, -0.05) is 30.0 Å². The smallest absolute Gasteiger partial charge is 0.190 e. The van der Waals surface area contributed by atoms with E-state index < -0.39 is 0 Å². The number of hydrogen-bond acceptors (Lipinski definition) is 6. The second-order valence-corrected chi connectivity index (χ2v) is 7.09. The van der Waals surface area contributed by atoms with Crippen LogP contribution >= 0.6 is 34.9 Å². The number of anilines is 1. The zero-order valence-electron chi connectivity index (χ0n) is 10.9. The molecule has 6 heteroatoms. The molecule has 0 saturated carbocycles. The van der Waals surface area contributed by atoms with Crippen LogP contribution in [0.2, 0.25) is 0 Å². The maximum absolute atomic E-state index is 5.79. The largest absolute Gasteiger partial charge is 0.384 e. The molecule has 0 aliphatic carbocycles. The minimum Gasteiger partial charge on any atom is -0.384 e. The Bertz CT molecular complexity index is 706. The number of nitrogen functional groups attached to an aromatic ring is 1. The van der Waals surface area contributed by atoms with E-state index in [-0.39, 0.29) is 0 Å². The molecule has 0 atom stereocenters. The number of rotatable bonds is 4. The lowest BCUT2D eigenvalue weighted by Gasteiger charge is -2.02. The summed E-state index contributed by atoms with van der Waals surface area (Å²) in [6.07, 6.45) is 1.99. The van der Waals surface area contributed by atoms with Crippen LogP contribution in [0.3, 0.4) is 0 Å². The number of thiophene rings is 1. The first-order valence-corrected chi connectivity index (χ1v) is 9.06. The summed E-state index contributed by atoms with van der Waals surface area (Å²) in [4.78, 5) is 10.1. The second kappa shape index (κ2) is 6.03. The number of nitrogens with two attached hydrogens (primary N) is 1. The van der Waals surface area contributed by atoms with E-state index in [9.17, 15) is 0 Å². The molecule has 3 rings (SSSR count). The predicted molar refractivity (Wildman–Crippen MR) is 89.6 cm³/mol. The molecule has 0 amide bonds. The first-order valence-electron chi connectivity index (χ1n) is 6.03. The quantitative estimate of drug-likeness (QED) is 0.442. The molecule has 0 spiro atoms. The van der Waals surface area contributed by atoms with Crippen LogP contribution in [0.5, 0.6) is 0 Å². The van der Waals surface area contributed by atoms with Crippen molar-refractivity contribution >= 4 is 50.8 Å². The van der Waals surface area contributed by atoms with Gasteiger partial charge in [0.2, 0.25) is 0 Å². The highest BCUT2D eigenvalue weighted by Crippen LogP contribution is 2.30. The molecule has 2 N–H and O–H groups in total. The van der Waals surface area contributed by atoms with Crippen LogP contribution in [-0.2, 0) is 5.75 Å². The number of hydrogen-bond donors (Lipinski definition) is 1. The lowest BCUT2D eigenvalue weighted by Crippen LogP contribution is -1.95. The molecule has 0 unspecified atom stereocenters. The van der Waals surface area contributed by atoms with E-state index in [4.69, 9.17) is 5.73 Å². The van der Waals surface area contributed by atoms with E-state index in [0.29, 0.717) is 5.82 Å². The summed E-state index contributed by atoms with van der Waals surface area (Å²) >= 11 is 5.03. The third kappa shape index (κ3) is 3.08. The van der Waals surface area contributed by atoms with Crippen molar-refractivity contribution in [1.82, 2.24) is 9.97 Å². The van der Waals surface area contributed by atoms with E-state index in [1.54, 1.807) is 29.6 Å². The van der Waals surface area contributed by atoms with Gasteiger partial charge in [-0.2, -0.15) is 0 Å². The Kier molecular flexibility index (Phi) is 4.14. The Balaban J connectivity index is 1.77. The zero-order valence-corrected chi connectivity index (χ0v) is 13.3. The van der Waals surface area contributed by atoms with Gasteiger partial charge in [-0.05, 0) is 23.8 Å². The highest BCUT2D eigenvalue weighted by atomic mass is 32.2. The van der Waals surface area contributed by atoms with E-state index in [0.717, 1.165) is 15.9 Å². The summed E-state index contributed by atoms with van der Waals surface area (Å²) in [7, 11) is 0. The maximum Gasteiger partial charge on any atom is 0.190 e. The van der Waals surface area contributed by atoms with Crippen LogP contribution < -0.4 is 5.73 Å². The third-order valence-electron chi connectivity index (χ3n) is 2.73. The van der Waals surface area contributed by atoms with Gasteiger partial charge in [0.25, 0.3) is 0 Å². The Morgan fingerprint density at radius 2 is 2.05 bits per heavy atom. The highest BCUT2D eigenvalue weighted by molar-refractivity contribution is 7.99. The van der Waals surface area contributed by atoms with Crippen LogP contribution in [0.4, 0.5) is 5.82 Å². The van der Waals surface area contributed by atoms with E-state index in [2.05, 4.69) is 40.3 Å². The van der Waals surface area contributed by atoms with Gasteiger partial charge in [0, 0.05) is 21.4 Å². The van der Waals surface area contributed by atoms with Gasteiger partial charge >= 0.3 is 0 Å². The van der Waals surface area contributed by atoms with Gasteiger partial charge in [-0.3, -0.25) is 0 Å². The fourth-order valence-corrected chi connectivity index (χ4v) is 4.27. The molecule has 2 aromatic heterocycles. The molecular weight excluding hydrogens is 306 g/mol. The van der Waals surface area contributed by atoms with Gasteiger partial charge < -0.3 is 5.73 Å². The molecule has 0 bridgehead atoms. The van der Waals surface area contributed by atoms with Crippen molar-refractivity contribution in [2.24, 2.45) is 0 Å². The molecule has 3 nitrogen and oxygen atoms in total. The van der Waals surface area contributed by atoms with E-state index >= 15 is 0 Å². The molecule has 102 valence electrons. The number of aromatic nitrogens is 2. The van der Waals surface area contributed by atoms with Gasteiger partial charge in [-0.15, -0.1) is 23.1 Å². The highest BCUT2D eigenvalue weighted by Gasteiger charge is 2.06. The summed E-state index contributed by atoms with van der Waals surface area (Å²) in [6, 6.07) is 12.5. The Hall–Kier alpha value is -1.24. The molecule has 2 heterocycles. The molecule has 0 saturated heterocycles. The SMILES string of the molecule is CSc1cc(N)nc(SCc2cc3ccccc3s2)n1. The van der Waals surface area contributed by atoms with Crippen molar-refractivity contribution in [1.29, 1.82) is 0 Å². The number of thioether (sulfide) groups is 2. The van der Waals surface area contributed by atoms with Crippen molar-refractivity contribution in [3.63, 3.8) is 0 Å². The lowest BCUT2D eigenvalue weighted by atomic mass is 10.2. The molecule has 3 aromatic rings. The monoisotopic (exact) mass is 319 g/mol. The summed E-state index contributed by atoms with van der Waals surface area (Å²) in [5, 5.41) is 2.95. The summed E-state index contributed by atoms with van der Waals surface area (Å²) in [5.41, 5.74) is 5.79. The Morgan fingerprint density at radius 3 is 2.85 bits per heavy atom. The molecule has 20 heavy (non-hydrogen) atoms. The van der Waals surface area contributed by atoms with Crippen molar-refractivity contribution in [2.75, 3.05) is 12.0 Å². The van der Waals surface area contributed by atoms with Crippen molar-refractivity contribution in [3.05, 3.63) is 41.3 Å². The van der Waals surface area contributed by atoms with Crippen molar-refractivity contribution in [3.8, 4) is 0 Å². The van der Waals surface area contributed by atoms with Crippen LogP contribution in [-0.4, -0.2) is 16.2 Å². The van der Waals surface area contributed by atoms with Crippen LogP contribution in [0, 0.1) is 0 Å². The fraction of sp³-hybridized carbons (Fsp3) is 0.143. The van der Waals surface area contributed by atoms with E-state index in [1.165, 1.54) is 15.0 Å². The second-order valence-electron chi connectivity index (χ2n) is 4.16. The van der Waals surface area contributed by atoms with Gasteiger partial charge in [0.1, 0.15) is 10.8 Å². The Morgan fingerprint density at radius 1 is 1.20 bits per heavy atom. The van der Waals surface area contributed by atoms with Crippen molar-refractivity contribution < 1.29 is 0 Å². The van der Waals surface area contributed by atoms with E-state index in [1.807, 2.05) is 17.6 Å². The number of nitrogens with zero attached hydrogens (tertiary/aromatic N) is 2. The minimum atomic E-state index is 0.531. The van der Waals surface area contributed by atoms with Gasteiger partial charge in [0.15, 0.2) is 5.16 Å². The average molecular weight is 319 g/mol. The van der Waals surface area contributed by atoms with Crippen LogP contribution in [0.25, 0.3) is 10.1 Å². The first kappa shape index (κ1) is 13.7. The summed E-state index contributed by atoms with van der Waals surface area (Å²) in [5.74, 6) is 1.40. The van der Waals surface area contributed by atoms with Gasteiger partial charge in [0.05, 0.1) is 0 Å². The van der Waals surface area contributed by atoms with Gasteiger partial charge in [-0.25, -0.2) is 9.97 Å². The third-order valence-corrected chi connectivity index (χ3v) is 5.55. The number of benzene rings is 1. The summed E-state index contributed by atoms with van der Waals surface area (Å²) < 4.78 is 1.32. The van der Waals surface area contributed by atoms with Crippen molar-refractivity contribution in [2.45, 2.75) is 15.9 Å². The molecule has 0 fully saturated rings. The fourth-order valence-electron chi connectivity index (χ4n) is 1.83. The average Bonchev–Trinajstić information content (AvgIpc) is 2.87. The maximum atomic E-state index is 5.79. The predicted octanol–water partition coefficient (Wildman–Crippen LogP) is 4.29. The molecule has 0 radical (unpaired) electrons. The molecule has 1 aromatic carbocycles. The van der Waals surface area contributed by atoms with Crippen LogP contribution in [0.15, 0.2) is 46.6 Å².